The van der Waals surface area contributed by atoms with E-state index >= 15 is 0 Å². The van der Waals surface area contributed by atoms with Crippen LogP contribution in [0.3, 0.4) is 0 Å². The molecule has 29 heavy (non-hydrogen) atoms. The van der Waals surface area contributed by atoms with Crippen LogP contribution in [0.15, 0.2) is 84.9 Å². The molecule has 0 amide bonds. The SMILES string of the molecule is COC(=O)c1ccc(CN2CC(c3ccccc3)(c3ccccc3)CC2C)cc1. The number of benzene rings is 3. The zero-order valence-corrected chi connectivity index (χ0v) is 17.0. The molecule has 0 aliphatic carbocycles. The van der Waals surface area contributed by atoms with Gasteiger partial charge in [0.15, 0.2) is 0 Å². The van der Waals surface area contributed by atoms with Crippen molar-refractivity contribution in [3.63, 3.8) is 0 Å². The van der Waals surface area contributed by atoms with Gasteiger partial charge in [-0.15, -0.1) is 0 Å². The van der Waals surface area contributed by atoms with Crippen LogP contribution in [-0.4, -0.2) is 30.6 Å². The van der Waals surface area contributed by atoms with Gasteiger partial charge in [-0.1, -0.05) is 72.8 Å². The maximum Gasteiger partial charge on any atom is 0.337 e. The lowest BCUT2D eigenvalue weighted by Gasteiger charge is -2.31. The third-order valence-corrected chi connectivity index (χ3v) is 6.15. The van der Waals surface area contributed by atoms with E-state index in [-0.39, 0.29) is 11.4 Å². The molecule has 0 saturated carbocycles. The molecule has 3 nitrogen and oxygen atoms in total. The normalized spacial score (nSPS) is 18.5. The maximum atomic E-state index is 11.7. The minimum atomic E-state index is -0.293. The Morgan fingerprint density at radius 1 is 0.931 bits per heavy atom. The van der Waals surface area contributed by atoms with Crippen molar-refractivity contribution in [1.82, 2.24) is 4.90 Å². The van der Waals surface area contributed by atoms with Gasteiger partial charge in [0, 0.05) is 24.5 Å². The number of ether oxygens (including phenoxy) is 1. The minimum Gasteiger partial charge on any atom is -0.465 e. The van der Waals surface area contributed by atoms with Gasteiger partial charge in [-0.25, -0.2) is 4.79 Å². The van der Waals surface area contributed by atoms with Crippen molar-refractivity contribution >= 4 is 5.97 Å². The number of carbonyl (C=O) groups excluding carboxylic acids is 1. The monoisotopic (exact) mass is 385 g/mol. The van der Waals surface area contributed by atoms with Gasteiger partial charge in [0.1, 0.15) is 0 Å². The van der Waals surface area contributed by atoms with Gasteiger partial charge in [-0.05, 0) is 42.2 Å². The zero-order valence-electron chi connectivity index (χ0n) is 17.0. The van der Waals surface area contributed by atoms with E-state index < -0.39 is 0 Å². The summed E-state index contributed by atoms with van der Waals surface area (Å²) in [5.41, 5.74) is 4.55. The van der Waals surface area contributed by atoms with Crippen LogP contribution in [0.5, 0.6) is 0 Å². The molecule has 0 spiro atoms. The van der Waals surface area contributed by atoms with Crippen molar-refractivity contribution in [3.8, 4) is 0 Å². The number of hydrogen-bond donors (Lipinski definition) is 0. The van der Waals surface area contributed by atoms with Crippen LogP contribution in [0.1, 0.15) is 40.4 Å². The number of likely N-dealkylation sites (tertiary alicyclic amines) is 1. The second kappa shape index (κ2) is 8.22. The van der Waals surface area contributed by atoms with Crippen LogP contribution in [0.4, 0.5) is 0 Å². The number of rotatable bonds is 5. The van der Waals surface area contributed by atoms with Crippen LogP contribution in [0.25, 0.3) is 0 Å². The van der Waals surface area contributed by atoms with Crippen molar-refractivity contribution in [2.45, 2.75) is 31.3 Å². The Morgan fingerprint density at radius 3 is 2.00 bits per heavy atom. The first kappa shape index (κ1) is 19.4. The lowest BCUT2D eigenvalue weighted by molar-refractivity contribution is 0.0600. The summed E-state index contributed by atoms with van der Waals surface area (Å²) in [7, 11) is 1.41. The van der Waals surface area contributed by atoms with Crippen LogP contribution >= 0.6 is 0 Å². The summed E-state index contributed by atoms with van der Waals surface area (Å²) >= 11 is 0. The summed E-state index contributed by atoms with van der Waals surface area (Å²) in [6.07, 6.45) is 1.08. The van der Waals surface area contributed by atoms with Crippen LogP contribution < -0.4 is 0 Å². The Labute approximate surface area is 172 Å². The van der Waals surface area contributed by atoms with Crippen molar-refractivity contribution in [2.75, 3.05) is 13.7 Å². The van der Waals surface area contributed by atoms with Crippen molar-refractivity contribution in [2.24, 2.45) is 0 Å². The lowest BCUT2D eigenvalue weighted by atomic mass is 9.73. The second-order valence-corrected chi connectivity index (χ2v) is 7.96. The molecule has 0 aromatic heterocycles. The largest absolute Gasteiger partial charge is 0.465 e. The Balaban J connectivity index is 1.62. The Hall–Kier alpha value is -2.91. The highest BCUT2D eigenvalue weighted by atomic mass is 16.5. The molecular formula is C26H27NO2. The molecule has 4 rings (SSSR count). The quantitative estimate of drug-likeness (QED) is 0.576. The predicted molar refractivity (Wildman–Crippen MR) is 116 cm³/mol. The average molecular weight is 386 g/mol. The molecule has 1 atom stereocenters. The molecule has 3 aromatic carbocycles. The standard InChI is InChI=1S/C26H27NO2/c1-20-17-26(23-9-5-3-6-10-23,24-11-7-4-8-12-24)19-27(20)18-21-13-15-22(16-14-21)25(28)29-2/h3-16,20H,17-19H2,1-2H3. The Bertz CT molecular complexity index is 912. The smallest absolute Gasteiger partial charge is 0.337 e. The van der Waals surface area contributed by atoms with E-state index in [1.807, 2.05) is 24.3 Å². The molecular weight excluding hydrogens is 358 g/mol. The van der Waals surface area contributed by atoms with Crippen molar-refractivity contribution in [1.29, 1.82) is 0 Å². The molecule has 1 heterocycles. The van der Waals surface area contributed by atoms with E-state index in [4.69, 9.17) is 4.74 Å². The first-order chi connectivity index (χ1) is 14.1. The topological polar surface area (TPSA) is 29.5 Å². The molecule has 0 bridgehead atoms. The Morgan fingerprint density at radius 2 is 1.48 bits per heavy atom. The summed E-state index contributed by atoms with van der Waals surface area (Å²) in [5.74, 6) is -0.293. The van der Waals surface area contributed by atoms with E-state index in [1.165, 1.54) is 23.8 Å². The fourth-order valence-electron chi connectivity index (χ4n) is 4.61. The fraction of sp³-hybridized carbons (Fsp3) is 0.269. The maximum absolute atomic E-state index is 11.7. The highest BCUT2D eigenvalue weighted by Crippen LogP contribution is 2.44. The summed E-state index contributed by atoms with van der Waals surface area (Å²) in [6, 6.07) is 30.0. The number of esters is 1. The summed E-state index contributed by atoms with van der Waals surface area (Å²) in [5, 5.41) is 0. The molecule has 1 saturated heterocycles. The molecule has 0 radical (unpaired) electrons. The lowest BCUT2D eigenvalue weighted by Crippen LogP contribution is -2.32. The van der Waals surface area contributed by atoms with Crippen molar-refractivity contribution in [3.05, 3.63) is 107 Å². The third-order valence-electron chi connectivity index (χ3n) is 6.15. The second-order valence-electron chi connectivity index (χ2n) is 7.96. The van der Waals surface area contributed by atoms with E-state index in [1.54, 1.807) is 0 Å². The van der Waals surface area contributed by atoms with Gasteiger partial charge in [-0.3, -0.25) is 4.90 Å². The molecule has 148 valence electrons. The summed E-state index contributed by atoms with van der Waals surface area (Å²) in [6.45, 7) is 4.15. The average Bonchev–Trinajstić information content (AvgIpc) is 3.12. The van der Waals surface area contributed by atoms with E-state index in [0.717, 1.165) is 19.5 Å². The summed E-state index contributed by atoms with van der Waals surface area (Å²) in [4.78, 5) is 14.2. The highest BCUT2D eigenvalue weighted by Gasteiger charge is 2.44. The predicted octanol–water partition coefficient (Wildman–Crippen LogP) is 5.05. The number of methoxy groups -OCH3 is 1. The fourth-order valence-corrected chi connectivity index (χ4v) is 4.61. The van der Waals surface area contributed by atoms with Crippen LogP contribution in [0, 0.1) is 0 Å². The van der Waals surface area contributed by atoms with Crippen molar-refractivity contribution < 1.29 is 9.53 Å². The molecule has 3 heteroatoms. The van der Waals surface area contributed by atoms with Crippen LogP contribution in [0.2, 0.25) is 0 Å². The van der Waals surface area contributed by atoms with Gasteiger partial charge in [0.05, 0.1) is 12.7 Å². The molecule has 1 fully saturated rings. The van der Waals surface area contributed by atoms with Crippen LogP contribution in [-0.2, 0) is 16.7 Å². The van der Waals surface area contributed by atoms with E-state index in [0.29, 0.717) is 11.6 Å². The first-order valence-electron chi connectivity index (χ1n) is 10.1. The van der Waals surface area contributed by atoms with Gasteiger partial charge < -0.3 is 4.74 Å². The number of hydrogen-bond acceptors (Lipinski definition) is 3. The Kier molecular flexibility index (Phi) is 5.50. The molecule has 0 N–H and O–H groups in total. The van der Waals surface area contributed by atoms with E-state index in [2.05, 4.69) is 72.5 Å². The minimum absolute atomic E-state index is 0.00606. The molecule has 3 aromatic rings. The molecule has 1 unspecified atom stereocenters. The zero-order chi connectivity index (χ0) is 20.3. The van der Waals surface area contributed by atoms with Gasteiger partial charge in [0.2, 0.25) is 0 Å². The highest BCUT2D eigenvalue weighted by molar-refractivity contribution is 5.89. The third kappa shape index (κ3) is 3.83. The molecule has 1 aliphatic heterocycles. The van der Waals surface area contributed by atoms with E-state index in [9.17, 15) is 4.79 Å². The first-order valence-corrected chi connectivity index (χ1v) is 10.1. The van der Waals surface area contributed by atoms with Gasteiger partial charge >= 0.3 is 5.97 Å². The number of nitrogens with zero attached hydrogens (tertiary/aromatic N) is 1. The van der Waals surface area contributed by atoms with Gasteiger partial charge in [0.25, 0.3) is 0 Å². The number of carbonyl (C=O) groups is 1. The molecule has 1 aliphatic rings. The van der Waals surface area contributed by atoms with Gasteiger partial charge in [-0.2, -0.15) is 0 Å². The summed E-state index contributed by atoms with van der Waals surface area (Å²) < 4.78 is 4.80.